The Bertz CT molecular complexity index is 402. The van der Waals surface area contributed by atoms with Crippen LogP contribution >= 0.6 is 0 Å². The Hall–Kier alpha value is -0.860. The van der Waals surface area contributed by atoms with E-state index in [1.165, 1.54) is 11.1 Å². The molecule has 1 unspecified atom stereocenters. The number of hydrogen-bond acceptors (Lipinski definition) is 2. The van der Waals surface area contributed by atoms with Gasteiger partial charge in [-0.1, -0.05) is 36.8 Å². The van der Waals surface area contributed by atoms with Crippen LogP contribution in [0.5, 0.6) is 0 Å². The van der Waals surface area contributed by atoms with Crippen LogP contribution in [0.3, 0.4) is 0 Å². The minimum Gasteiger partial charge on any atom is -0.390 e. The predicted octanol–water partition coefficient (Wildman–Crippen LogP) is 3.88. The number of aliphatic hydroxyl groups excluding tert-OH is 1. The molecule has 2 heteroatoms. The molecule has 20 heavy (non-hydrogen) atoms. The van der Waals surface area contributed by atoms with Crippen LogP contribution in [0.1, 0.15) is 50.7 Å². The number of ether oxygens (including phenoxy) is 1. The van der Waals surface area contributed by atoms with Crippen LogP contribution in [0.4, 0.5) is 0 Å². The van der Waals surface area contributed by atoms with Crippen LogP contribution in [0.25, 0.3) is 0 Å². The normalized spacial score (nSPS) is 28.3. The first-order chi connectivity index (χ1) is 9.55. The summed E-state index contributed by atoms with van der Waals surface area (Å²) in [6.45, 7) is 7.09. The van der Waals surface area contributed by atoms with Gasteiger partial charge in [0.25, 0.3) is 0 Å². The molecule has 1 aliphatic rings. The van der Waals surface area contributed by atoms with Gasteiger partial charge in [0.1, 0.15) is 0 Å². The molecule has 0 heterocycles. The molecule has 0 aliphatic heterocycles. The van der Waals surface area contributed by atoms with E-state index in [1.54, 1.807) is 0 Å². The van der Waals surface area contributed by atoms with Gasteiger partial charge in [-0.05, 0) is 51.0 Å². The van der Waals surface area contributed by atoms with Crippen LogP contribution in [0, 0.1) is 12.8 Å². The lowest BCUT2D eigenvalue weighted by Gasteiger charge is -2.42. The molecule has 0 spiro atoms. The van der Waals surface area contributed by atoms with Gasteiger partial charge in [-0.2, -0.15) is 0 Å². The maximum absolute atomic E-state index is 10.7. The van der Waals surface area contributed by atoms with Crippen LogP contribution in [0.2, 0.25) is 0 Å². The zero-order valence-corrected chi connectivity index (χ0v) is 13.1. The minimum atomic E-state index is -0.405. The molecule has 1 aromatic carbocycles. The number of aliphatic hydroxyl groups is 1. The summed E-state index contributed by atoms with van der Waals surface area (Å²) in [5.74, 6) is 0.759. The first-order valence-corrected chi connectivity index (χ1v) is 7.93. The van der Waals surface area contributed by atoms with Gasteiger partial charge in [-0.3, -0.25) is 0 Å². The summed E-state index contributed by atoms with van der Waals surface area (Å²) in [5, 5.41) is 10.7. The summed E-state index contributed by atoms with van der Waals surface area (Å²) >= 11 is 0. The molecule has 1 saturated carbocycles. The lowest BCUT2D eigenvalue weighted by atomic mass is 9.75. The molecule has 0 bridgehead atoms. The van der Waals surface area contributed by atoms with E-state index in [0.717, 1.165) is 31.6 Å². The fourth-order valence-electron chi connectivity index (χ4n) is 3.25. The molecule has 112 valence electrons. The van der Waals surface area contributed by atoms with Crippen molar-refractivity contribution in [2.45, 2.75) is 64.6 Å². The maximum atomic E-state index is 10.7. The Morgan fingerprint density at radius 3 is 2.40 bits per heavy atom. The smallest absolute Gasteiger partial charge is 0.0943 e. The quantitative estimate of drug-likeness (QED) is 0.884. The monoisotopic (exact) mass is 276 g/mol. The van der Waals surface area contributed by atoms with Gasteiger partial charge < -0.3 is 9.84 Å². The number of hydrogen-bond donors (Lipinski definition) is 1. The van der Waals surface area contributed by atoms with Crippen molar-refractivity contribution in [2.75, 3.05) is 6.61 Å². The number of benzene rings is 1. The Morgan fingerprint density at radius 1 is 1.25 bits per heavy atom. The third-order valence-corrected chi connectivity index (χ3v) is 4.71. The Morgan fingerprint density at radius 2 is 1.85 bits per heavy atom. The van der Waals surface area contributed by atoms with E-state index < -0.39 is 6.10 Å². The van der Waals surface area contributed by atoms with Gasteiger partial charge in [-0.25, -0.2) is 0 Å². The van der Waals surface area contributed by atoms with Gasteiger partial charge in [0, 0.05) is 13.0 Å². The van der Waals surface area contributed by atoms with Crippen molar-refractivity contribution in [1.29, 1.82) is 0 Å². The van der Waals surface area contributed by atoms with Crippen molar-refractivity contribution in [3.63, 3.8) is 0 Å². The highest BCUT2D eigenvalue weighted by Gasteiger charge is 2.41. The summed E-state index contributed by atoms with van der Waals surface area (Å²) in [6, 6.07) is 8.45. The highest BCUT2D eigenvalue weighted by atomic mass is 16.5. The fraction of sp³-hybridized carbons (Fsp3) is 0.667. The zero-order valence-electron chi connectivity index (χ0n) is 13.1. The van der Waals surface area contributed by atoms with E-state index >= 15 is 0 Å². The molecule has 0 amide bonds. The van der Waals surface area contributed by atoms with Gasteiger partial charge in [0.05, 0.1) is 11.7 Å². The standard InChI is InChI=1S/C18H28O2/c1-4-20-18(11-9-15(3)10-12-18)17(19)13-16-7-5-14(2)6-8-16/h5-8,15,17,19H,4,9-13H2,1-3H3. The van der Waals surface area contributed by atoms with Crippen molar-refractivity contribution < 1.29 is 9.84 Å². The average Bonchev–Trinajstić information content (AvgIpc) is 2.44. The number of aryl methyl sites for hydroxylation is 1. The molecular formula is C18H28O2. The second kappa shape index (κ2) is 6.73. The minimum absolute atomic E-state index is 0.327. The predicted molar refractivity (Wildman–Crippen MR) is 82.9 cm³/mol. The van der Waals surface area contributed by atoms with Crippen molar-refractivity contribution in [3.8, 4) is 0 Å². The lowest BCUT2D eigenvalue weighted by molar-refractivity contribution is -0.143. The molecule has 1 fully saturated rings. The van der Waals surface area contributed by atoms with Gasteiger partial charge in [0.2, 0.25) is 0 Å². The topological polar surface area (TPSA) is 29.5 Å². The van der Waals surface area contributed by atoms with Gasteiger partial charge >= 0.3 is 0 Å². The van der Waals surface area contributed by atoms with E-state index in [9.17, 15) is 5.11 Å². The van der Waals surface area contributed by atoms with Crippen LogP contribution in [-0.2, 0) is 11.2 Å². The third kappa shape index (κ3) is 3.62. The molecule has 0 radical (unpaired) electrons. The molecular weight excluding hydrogens is 248 g/mol. The first-order valence-electron chi connectivity index (χ1n) is 7.93. The molecule has 2 rings (SSSR count). The molecule has 0 aromatic heterocycles. The summed E-state index contributed by atoms with van der Waals surface area (Å²) in [5.41, 5.74) is 2.13. The van der Waals surface area contributed by atoms with E-state index in [0.29, 0.717) is 13.0 Å². The highest BCUT2D eigenvalue weighted by molar-refractivity contribution is 5.22. The first kappa shape index (κ1) is 15.5. The maximum Gasteiger partial charge on any atom is 0.0943 e. The largest absolute Gasteiger partial charge is 0.390 e. The van der Waals surface area contributed by atoms with Crippen LogP contribution in [-0.4, -0.2) is 23.4 Å². The van der Waals surface area contributed by atoms with E-state index in [2.05, 4.69) is 38.1 Å². The Kier molecular flexibility index (Phi) is 5.22. The Balaban J connectivity index is 2.06. The average molecular weight is 276 g/mol. The molecule has 1 atom stereocenters. The van der Waals surface area contributed by atoms with Crippen LogP contribution in [0.15, 0.2) is 24.3 Å². The second-order valence-corrected chi connectivity index (χ2v) is 6.39. The van der Waals surface area contributed by atoms with Crippen LogP contribution < -0.4 is 0 Å². The SMILES string of the molecule is CCOC1(C(O)Cc2ccc(C)cc2)CCC(C)CC1. The molecule has 2 nitrogen and oxygen atoms in total. The van der Waals surface area contributed by atoms with Crippen molar-refractivity contribution in [1.82, 2.24) is 0 Å². The second-order valence-electron chi connectivity index (χ2n) is 6.39. The summed E-state index contributed by atoms with van der Waals surface area (Å²) in [4.78, 5) is 0. The van der Waals surface area contributed by atoms with Gasteiger partial charge in [-0.15, -0.1) is 0 Å². The van der Waals surface area contributed by atoms with Gasteiger partial charge in [0.15, 0.2) is 0 Å². The van der Waals surface area contributed by atoms with Crippen molar-refractivity contribution in [2.24, 2.45) is 5.92 Å². The van der Waals surface area contributed by atoms with Crippen molar-refractivity contribution >= 4 is 0 Å². The molecule has 0 saturated heterocycles. The summed E-state index contributed by atoms with van der Waals surface area (Å²) in [6.07, 6.45) is 4.56. The molecule has 1 aromatic rings. The lowest BCUT2D eigenvalue weighted by Crippen LogP contribution is -2.48. The highest BCUT2D eigenvalue weighted by Crippen LogP contribution is 2.38. The summed E-state index contributed by atoms with van der Waals surface area (Å²) < 4.78 is 6.03. The molecule has 1 N–H and O–H groups in total. The summed E-state index contributed by atoms with van der Waals surface area (Å²) in [7, 11) is 0. The molecule has 1 aliphatic carbocycles. The van der Waals surface area contributed by atoms with E-state index in [-0.39, 0.29) is 5.60 Å². The van der Waals surface area contributed by atoms with E-state index in [1.807, 2.05) is 6.92 Å². The zero-order chi connectivity index (χ0) is 14.6. The fourth-order valence-corrected chi connectivity index (χ4v) is 3.25. The number of rotatable bonds is 5. The van der Waals surface area contributed by atoms with E-state index in [4.69, 9.17) is 4.74 Å². The van der Waals surface area contributed by atoms with Crippen molar-refractivity contribution in [3.05, 3.63) is 35.4 Å². The third-order valence-electron chi connectivity index (χ3n) is 4.71. The Labute approximate surface area is 123 Å².